The zero-order valence-electron chi connectivity index (χ0n) is 12.1. The van der Waals surface area contributed by atoms with Gasteiger partial charge in [-0.2, -0.15) is 5.26 Å². The molecule has 1 aromatic rings. The minimum atomic E-state index is -0.897. The van der Waals surface area contributed by atoms with Crippen molar-refractivity contribution in [1.82, 2.24) is 0 Å². The first-order valence-corrected chi connectivity index (χ1v) is 6.94. The molecule has 0 radical (unpaired) electrons. The van der Waals surface area contributed by atoms with Gasteiger partial charge in [-0.1, -0.05) is 6.92 Å². The third-order valence-corrected chi connectivity index (χ3v) is 4.15. The number of benzene rings is 1. The van der Waals surface area contributed by atoms with Gasteiger partial charge in [-0.15, -0.1) is 0 Å². The number of carbonyl (C=O) groups is 2. The van der Waals surface area contributed by atoms with Gasteiger partial charge in [0.1, 0.15) is 0 Å². The maximum Gasteiger partial charge on any atom is 0.307 e. The van der Waals surface area contributed by atoms with Crippen LogP contribution in [0.5, 0.6) is 0 Å². The van der Waals surface area contributed by atoms with Crippen molar-refractivity contribution in [2.24, 2.45) is 17.8 Å². The van der Waals surface area contributed by atoms with Crippen LogP contribution in [0.1, 0.15) is 25.3 Å². The van der Waals surface area contributed by atoms with Gasteiger partial charge < -0.3 is 10.0 Å². The molecule has 1 N–H and O–H groups in total. The molecule has 0 spiro atoms. The van der Waals surface area contributed by atoms with Crippen LogP contribution in [0.4, 0.5) is 5.69 Å². The predicted octanol–water partition coefficient (Wildman–Crippen LogP) is 2.27. The molecule has 0 heterocycles. The number of aliphatic carboxylic acids is 1. The Kier molecular flexibility index (Phi) is 4.27. The number of carboxylic acids is 1. The van der Waals surface area contributed by atoms with Gasteiger partial charge in [0.15, 0.2) is 0 Å². The molecule has 110 valence electrons. The van der Waals surface area contributed by atoms with Crippen LogP contribution in [0.2, 0.25) is 0 Å². The van der Waals surface area contributed by atoms with E-state index in [2.05, 4.69) is 0 Å². The van der Waals surface area contributed by atoms with Gasteiger partial charge >= 0.3 is 5.97 Å². The van der Waals surface area contributed by atoms with E-state index >= 15 is 0 Å². The molecular formula is C16H18N2O3. The van der Waals surface area contributed by atoms with E-state index in [0.29, 0.717) is 24.1 Å². The number of hydrogen-bond acceptors (Lipinski definition) is 3. The summed E-state index contributed by atoms with van der Waals surface area (Å²) in [4.78, 5) is 25.3. The Morgan fingerprint density at radius 1 is 1.24 bits per heavy atom. The summed E-state index contributed by atoms with van der Waals surface area (Å²) >= 11 is 0. The monoisotopic (exact) mass is 286 g/mol. The summed E-state index contributed by atoms with van der Waals surface area (Å²) in [6.07, 6.45) is 1.16. The average Bonchev–Trinajstić information content (AvgIpc) is 2.88. The molecule has 0 bridgehead atoms. The van der Waals surface area contributed by atoms with E-state index in [1.807, 2.05) is 13.0 Å². The lowest BCUT2D eigenvalue weighted by atomic mass is 9.94. The lowest BCUT2D eigenvalue weighted by Gasteiger charge is -2.23. The van der Waals surface area contributed by atoms with E-state index in [1.165, 1.54) is 4.90 Å². The van der Waals surface area contributed by atoms with Crippen LogP contribution in [0, 0.1) is 29.1 Å². The molecule has 1 aliphatic rings. The second kappa shape index (κ2) is 5.96. The van der Waals surface area contributed by atoms with Crippen LogP contribution in [-0.4, -0.2) is 24.0 Å². The van der Waals surface area contributed by atoms with E-state index in [-0.39, 0.29) is 11.8 Å². The number of nitriles is 1. The van der Waals surface area contributed by atoms with Crippen molar-refractivity contribution < 1.29 is 14.7 Å². The summed E-state index contributed by atoms with van der Waals surface area (Å²) in [5, 5.41) is 18.0. The minimum Gasteiger partial charge on any atom is -0.481 e. The second-order valence-corrected chi connectivity index (χ2v) is 5.68. The number of hydrogen-bond donors (Lipinski definition) is 1. The summed E-state index contributed by atoms with van der Waals surface area (Å²) in [6, 6.07) is 8.71. The molecule has 1 amide bonds. The van der Waals surface area contributed by atoms with E-state index in [1.54, 1.807) is 31.3 Å². The highest BCUT2D eigenvalue weighted by Gasteiger charge is 2.42. The first-order chi connectivity index (χ1) is 9.93. The largest absolute Gasteiger partial charge is 0.481 e. The third kappa shape index (κ3) is 3.05. The van der Waals surface area contributed by atoms with Crippen molar-refractivity contribution in [3.63, 3.8) is 0 Å². The van der Waals surface area contributed by atoms with Crippen molar-refractivity contribution in [1.29, 1.82) is 5.26 Å². The van der Waals surface area contributed by atoms with Crippen LogP contribution in [0.15, 0.2) is 24.3 Å². The SMILES string of the molecule is CC1CC(C(=O)O)C(C(=O)N(C)c2ccc(C#N)cc2)C1. The Hall–Kier alpha value is -2.35. The smallest absolute Gasteiger partial charge is 0.307 e. The molecule has 0 aromatic heterocycles. The summed E-state index contributed by atoms with van der Waals surface area (Å²) in [6.45, 7) is 1.98. The number of carboxylic acid groups (broad SMARTS) is 1. The Bertz CT molecular complexity index is 589. The fraction of sp³-hybridized carbons (Fsp3) is 0.438. The fourth-order valence-corrected chi connectivity index (χ4v) is 2.97. The Balaban J connectivity index is 2.18. The third-order valence-electron chi connectivity index (χ3n) is 4.15. The summed E-state index contributed by atoms with van der Waals surface area (Å²) in [5.41, 5.74) is 1.19. The van der Waals surface area contributed by atoms with Gasteiger partial charge in [0, 0.05) is 12.7 Å². The molecule has 5 nitrogen and oxygen atoms in total. The highest BCUT2D eigenvalue weighted by Crippen LogP contribution is 2.38. The normalized spacial score (nSPS) is 24.3. The van der Waals surface area contributed by atoms with Crippen molar-refractivity contribution in [2.45, 2.75) is 19.8 Å². The number of carbonyl (C=O) groups excluding carboxylic acids is 1. The van der Waals surface area contributed by atoms with E-state index < -0.39 is 17.8 Å². The van der Waals surface area contributed by atoms with Crippen molar-refractivity contribution in [3.8, 4) is 6.07 Å². The zero-order valence-corrected chi connectivity index (χ0v) is 12.1. The first-order valence-electron chi connectivity index (χ1n) is 6.94. The van der Waals surface area contributed by atoms with Gasteiger partial charge in [-0.25, -0.2) is 0 Å². The molecule has 5 heteroatoms. The van der Waals surface area contributed by atoms with Gasteiger partial charge in [0.2, 0.25) is 5.91 Å². The molecule has 3 atom stereocenters. The summed E-state index contributed by atoms with van der Waals surface area (Å²) < 4.78 is 0. The van der Waals surface area contributed by atoms with Crippen LogP contribution >= 0.6 is 0 Å². The molecule has 21 heavy (non-hydrogen) atoms. The highest BCUT2D eigenvalue weighted by atomic mass is 16.4. The maximum absolute atomic E-state index is 12.6. The lowest BCUT2D eigenvalue weighted by Crippen LogP contribution is -2.36. The molecule has 0 saturated heterocycles. The Morgan fingerprint density at radius 3 is 2.33 bits per heavy atom. The highest BCUT2D eigenvalue weighted by molar-refractivity contribution is 5.97. The van der Waals surface area contributed by atoms with Gasteiger partial charge in [-0.05, 0) is 43.0 Å². The van der Waals surface area contributed by atoms with Gasteiger partial charge in [0.25, 0.3) is 0 Å². The molecule has 1 aromatic carbocycles. The van der Waals surface area contributed by atoms with Crippen LogP contribution < -0.4 is 4.90 Å². The van der Waals surface area contributed by atoms with Crippen LogP contribution in [0.3, 0.4) is 0 Å². The molecule has 1 fully saturated rings. The number of amides is 1. The average molecular weight is 286 g/mol. The first kappa shape index (κ1) is 15.0. The van der Waals surface area contributed by atoms with Gasteiger partial charge in [0.05, 0.1) is 23.5 Å². The standard InChI is InChI=1S/C16H18N2O3/c1-10-7-13(14(8-10)16(20)21)15(19)18(2)12-5-3-11(9-17)4-6-12/h3-6,10,13-14H,7-8H2,1-2H3,(H,20,21). The topological polar surface area (TPSA) is 81.4 Å². The molecule has 0 aliphatic heterocycles. The van der Waals surface area contributed by atoms with Crippen molar-refractivity contribution in [2.75, 3.05) is 11.9 Å². The Morgan fingerprint density at radius 2 is 1.81 bits per heavy atom. The van der Waals surface area contributed by atoms with Crippen LogP contribution in [0.25, 0.3) is 0 Å². The Labute approximate surface area is 123 Å². The summed E-state index contributed by atoms with van der Waals surface area (Å²) in [5.74, 6) is -1.90. The van der Waals surface area contributed by atoms with Crippen LogP contribution in [-0.2, 0) is 9.59 Å². The fourth-order valence-electron chi connectivity index (χ4n) is 2.97. The van der Waals surface area contributed by atoms with E-state index in [9.17, 15) is 14.7 Å². The molecular weight excluding hydrogens is 268 g/mol. The number of rotatable bonds is 3. The number of anilines is 1. The molecule has 1 aliphatic carbocycles. The second-order valence-electron chi connectivity index (χ2n) is 5.68. The molecule has 2 rings (SSSR count). The maximum atomic E-state index is 12.6. The quantitative estimate of drug-likeness (QED) is 0.924. The number of nitrogens with zero attached hydrogens (tertiary/aromatic N) is 2. The molecule has 3 unspecified atom stereocenters. The van der Waals surface area contributed by atoms with Crippen molar-refractivity contribution >= 4 is 17.6 Å². The predicted molar refractivity (Wildman–Crippen MR) is 77.6 cm³/mol. The zero-order chi connectivity index (χ0) is 15.6. The molecule has 1 saturated carbocycles. The van der Waals surface area contributed by atoms with E-state index in [4.69, 9.17) is 5.26 Å². The summed E-state index contributed by atoms with van der Waals surface area (Å²) in [7, 11) is 1.64. The van der Waals surface area contributed by atoms with Crippen molar-refractivity contribution in [3.05, 3.63) is 29.8 Å². The van der Waals surface area contributed by atoms with E-state index in [0.717, 1.165) is 0 Å². The van der Waals surface area contributed by atoms with Gasteiger partial charge in [-0.3, -0.25) is 9.59 Å². The minimum absolute atomic E-state index is 0.170. The lowest BCUT2D eigenvalue weighted by molar-refractivity contribution is -0.145.